The molecule has 4 nitrogen and oxygen atoms in total. The summed E-state index contributed by atoms with van der Waals surface area (Å²) >= 11 is 7.93. The number of nitrogens with zero attached hydrogens (tertiary/aromatic N) is 1. The van der Waals surface area contributed by atoms with E-state index in [1.54, 1.807) is 12.1 Å². The quantitative estimate of drug-likeness (QED) is 0.705. The SMILES string of the molecule is NC(=O)c1ccc(CN(C(=O)c2sc3ccccc3c2Cl)C2CC2)cc1. The summed E-state index contributed by atoms with van der Waals surface area (Å²) in [4.78, 5) is 26.9. The standard InChI is InChI=1S/C20H17ClN2O2S/c21-17-15-3-1-2-4-16(15)26-18(17)20(25)23(14-9-10-14)11-12-5-7-13(8-6-12)19(22)24/h1-8,14H,9-11H2,(H2,22,24). The fourth-order valence-electron chi connectivity index (χ4n) is 3.01. The summed E-state index contributed by atoms with van der Waals surface area (Å²) in [6.45, 7) is 0.493. The maximum atomic E-state index is 13.2. The van der Waals surface area contributed by atoms with Crippen molar-refractivity contribution >= 4 is 44.8 Å². The Labute approximate surface area is 160 Å². The van der Waals surface area contributed by atoms with Gasteiger partial charge in [0.1, 0.15) is 4.88 Å². The molecule has 0 atom stereocenters. The number of carbonyl (C=O) groups is 2. The lowest BCUT2D eigenvalue weighted by Gasteiger charge is -2.22. The number of hydrogen-bond donors (Lipinski definition) is 1. The molecule has 1 heterocycles. The number of hydrogen-bond acceptors (Lipinski definition) is 3. The Morgan fingerprint density at radius 2 is 1.81 bits per heavy atom. The molecular weight excluding hydrogens is 368 g/mol. The summed E-state index contributed by atoms with van der Waals surface area (Å²) < 4.78 is 1.02. The predicted octanol–water partition coefficient (Wildman–Crippen LogP) is 4.46. The third-order valence-corrected chi connectivity index (χ3v) is 6.23. The minimum atomic E-state index is -0.455. The molecule has 6 heteroatoms. The molecule has 2 amide bonds. The first-order valence-electron chi connectivity index (χ1n) is 8.41. The van der Waals surface area contributed by atoms with Crippen molar-refractivity contribution in [2.75, 3.05) is 0 Å². The van der Waals surface area contributed by atoms with Crippen molar-refractivity contribution in [2.24, 2.45) is 5.73 Å². The van der Waals surface area contributed by atoms with E-state index in [2.05, 4.69) is 0 Å². The van der Waals surface area contributed by atoms with Gasteiger partial charge in [-0.25, -0.2) is 0 Å². The van der Waals surface area contributed by atoms with Crippen molar-refractivity contribution in [3.63, 3.8) is 0 Å². The van der Waals surface area contributed by atoms with Gasteiger partial charge in [-0.2, -0.15) is 0 Å². The van der Waals surface area contributed by atoms with E-state index in [1.807, 2.05) is 41.3 Å². The van der Waals surface area contributed by atoms with E-state index in [-0.39, 0.29) is 11.9 Å². The molecule has 3 aromatic rings. The van der Waals surface area contributed by atoms with Gasteiger partial charge in [0.05, 0.1) is 5.02 Å². The fourth-order valence-corrected chi connectivity index (χ4v) is 4.47. The van der Waals surface area contributed by atoms with Gasteiger partial charge in [-0.05, 0) is 36.6 Å². The summed E-state index contributed by atoms with van der Waals surface area (Å²) in [5.74, 6) is -0.485. The second-order valence-electron chi connectivity index (χ2n) is 6.47. The zero-order chi connectivity index (χ0) is 18.3. The normalized spacial score (nSPS) is 13.7. The number of primary amides is 1. The molecule has 2 aromatic carbocycles. The van der Waals surface area contributed by atoms with Crippen molar-refractivity contribution in [2.45, 2.75) is 25.4 Å². The molecule has 4 rings (SSSR count). The maximum absolute atomic E-state index is 13.2. The second kappa shape index (κ2) is 6.74. The highest BCUT2D eigenvalue weighted by atomic mass is 35.5. The Balaban J connectivity index is 1.62. The van der Waals surface area contributed by atoms with Gasteiger partial charge in [-0.15, -0.1) is 11.3 Å². The van der Waals surface area contributed by atoms with Crippen LogP contribution in [0.15, 0.2) is 48.5 Å². The molecule has 0 radical (unpaired) electrons. The molecule has 0 bridgehead atoms. The van der Waals surface area contributed by atoms with Crippen LogP contribution >= 0.6 is 22.9 Å². The van der Waals surface area contributed by atoms with Crippen LogP contribution in [0.3, 0.4) is 0 Å². The molecule has 132 valence electrons. The van der Waals surface area contributed by atoms with Crippen LogP contribution in [0.5, 0.6) is 0 Å². The number of thiophene rings is 1. The maximum Gasteiger partial charge on any atom is 0.266 e. The van der Waals surface area contributed by atoms with E-state index in [4.69, 9.17) is 17.3 Å². The zero-order valence-electron chi connectivity index (χ0n) is 13.9. The van der Waals surface area contributed by atoms with Crippen LogP contribution in [0.1, 0.15) is 38.4 Å². The van der Waals surface area contributed by atoms with Gasteiger partial charge in [0.25, 0.3) is 5.91 Å². The third kappa shape index (κ3) is 3.20. The highest BCUT2D eigenvalue weighted by Crippen LogP contribution is 2.38. The lowest BCUT2D eigenvalue weighted by molar-refractivity contribution is 0.0734. The Morgan fingerprint density at radius 1 is 1.12 bits per heavy atom. The van der Waals surface area contributed by atoms with Gasteiger partial charge < -0.3 is 10.6 Å². The molecule has 1 fully saturated rings. The average molecular weight is 385 g/mol. The lowest BCUT2D eigenvalue weighted by atomic mass is 10.1. The van der Waals surface area contributed by atoms with Gasteiger partial charge in [0, 0.05) is 28.2 Å². The van der Waals surface area contributed by atoms with E-state index in [0.29, 0.717) is 22.0 Å². The van der Waals surface area contributed by atoms with Crippen LogP contribution in [0.25, 0.3) is 10.1 Å². The molecule has 1 aromatic heterocycles. The smallest absolute Gasteiger partial charge is 0.266 e. The van der Waals surface area contributed by atoms with Crippen LogP contribution < -0.4 is 5.73 Å². The third-order valence-electron chi connectivity index (χ3n) is 4.57. The molecular formula is C20H17ClN2O2S. The highest BCUT2D eigenvalue weighted by molar-refractivity contribution is 7.21. The van der Waals surface area contributed by atoms with E-state index in [0.717, 1.165) is 28.5 Å². The molecule has 1 aliphatic rings. The van der Waals surface area contributed by atoms with Gasteiger partial charge in [0.2, 0.25) is 5.91 Å². The first-order valence-corrected chi connectivity index (χ1v) is 9.61. The largest absolute Gasteiger partial charge is 0.366 e. The lowest BCUT2D eigenvalue weighted by Crippen LogP contribution is -2.32. The second-order valence-corrected chi connectivity index (χ2v) is 7.90. The Kier molecular flexibility index (Phi) is 4.42. The molecule has 26 heavy (non-hydrogen) atoms. The summed E-state index contributed by atoms with van der Waals surface area (Å²) in [5, 5.41) is 1.45. The first kappa shape index (κ1) is 17.1. The van der Waals surface area contributed by atoms with Crippen LogP contribution in [-0.2, 0) is 6.54 Å². The molecule has 0 spiro atoms. The minimum Gasteiger partial charge on any atom is -0.366 e. The monoisotopic (exact) mass is 384 g/mol. The minimum absolute atomic E-state index is 0.0299. The van der Waals surface area contributed by atoms with E-state index in [9.17, 15) is 9.59 Å². The number of halogens is 1. The zero-order valence-corrected chi connectivity index (χ0v) is 15.5. The van der Waals surface area contributed by atoms with Gasteiger partial charge in [-0.3, -0.25) is 9.59 Å². The van der Waals surface area contributed by atoms with E-state index < -0.39 is 5.91 Å². The van der Waals surface area contributed by atoms with Crippen LogP contribution in [0.4, 0.5) is 0 Å². The number of carbonyl (C=O) groups excluding carboxylic acids is 2. The Morgan fingerprint density at radius 3 is 2.42 bits per heavy atom. The van der Waals surface area contributed by atoms with Crippen LogP contribution in [-0.4, -0.2) is 22.8 Å². The summed E-state index contributed by atoms with van der Waals surface area (Å²) in [6.07, 6.45) is 2.02. The predicted molar refractivity (Wildman–Crippen MR) is 105 cm³/mol. The van der Waals surface area contributed by atoms with Gasteiger partial charge >= 0.3 is 0 Å². The van der Waals surface area contributed by atoms with E-state index in [1.165, 1.54) is 11.3 Å². The average Bonchev–Trinajstić information content (AvgIpc) is 3.43. The number of nitrogens with two attached hydrogens (primary N) is 1. The molecule has 2 N–H and O–H groups in total. The van der Waals surface area contributed by atoms with Crippen molar-refractivity contribution < 1.29 is 9.59 Å². The van der Waals surface area contributed by atoms with Crippen LogP contribution in [0.2, 0.25) is 5.02 Å². The molecule has 0 aliphatic heterocycles. The van der Waals surface area contributed by atoms with Crippen molar-refractivity contribution in [3.8, 4) is 0 Å². The number of fused-ring (bicyclic) bond motifs is 1. The Bertz CT molecular complexity index is 993. The van der Waals surface area contributed by atoms with Crippen molar-refractivity contribution in [1.29, 1.82) is 0 Å². The fraction of sp³-hybridized carbons (Fsp3) is 0.200. The summed E-state index contributed by atoms with van der Waals surface area (Å²) in [6, 6.07) is 15.1. The van der Waals surface area contributed by atoms with Gasteiger partial charge in [0.15, 0.2) is 0 Å². The summed E-state index contributed by atoms with van der Waals surface area (Å²) in [5.41, 5.74) is 6.71. The molecule has 0 unspecified atom stereocenters. The van der Waals surface area contributed by atoms with E-state index >= 15 is 0 Å². The topological polar surface area (TPSA) is 63.4 Å². The first-order chi connectivity index (χ1) is 12.5. The van der Waals surface area contributed by atoms with Crippen molar-refractivity contribution in [1.82, 2.24) is 4.90 Å². The molecule has 1 aliphatic carbocycles. The Hall–Kier alpha value is -2.37. The van der Waals surface area contributed by atoms with Crippen LogP contribution in [0, 0.1) is 0 Å². The number of amides is 2. The molecule has 0 saturated heterocycles. The number of rotatable bonds is 5. The highest BCUT2D eigenvalue weighted by Gasteiger charge is 2.34. The van der Waals surface area contributed by atoms with Crippen molar-refractivity contribution in [3.05, 3.63) is 69.6 Å². The number of benzene rings is 2. The molecule has 1 saturated carbocycles. The van der Waals surface area contributed by atoms with Gasteiger partial charge in [-0.1, -0.05) is 41.9 Å². The summed E-state index contributed by atoms with van der Waals surface area (Å²) in [7, 11) is 0.